The second-order valence-corrected chi connectivity index (χ2v) is 7.59. The Hall–Kier alpha value is -2.16. The molecule has 26 heavy (non-hydrogen) atoms. The molecule has 2 rings (SSSR count). The van der Waals surface area contributed by atoms with Crippen LogP contribution in [-0.2, 0) is 14.8 Å². The highest BCUT2D eigenvalue weighted by Crippen LogP contribution is 2.27. The number of aryl methyl sites for hydroxylation is 2. The van der Waals surface area contributed by atoms with Crippen LogP contribution in [0.5, 0.6) is 5.75 Å². The summed E-state index contributed by atoms with van der Waals surface area (Å²) in [5.74, 6) is -0.685. The maximum Gasteiger partial charge on any atom is 0.268 e. The van der Waals surface area contributed by atoms with Crippen molar-refractivity contribution in [3.8, 4) is 5.75 Å². The lowest BCUT2D eigenvalue weighted by Crippen LogP contribution is -2.31. The van der Waals surface area contributed by atoms with Gasteiger partial charge in [0.2, 0.25) is 0 Å². The van der Waals surface area contributed by atoms with Crippen molar-refractivity contribution in [3.63, 3.8) is 0 Å². The van der Waals surface area contributed by atoms with E-state index in [-0.39, 0.29) is 34.4 Å². The predicted molar refractivity (Wildman–Crippen MR) is 97.2 cm³/mol. The predicted octanol–water partition coefficient (Wildman–Crippen LogP) is 2.50. The molecule has 7 nitrogen and oxygen atoms in total. The Morgan fingerprint density at radius 1 is 1.15 bits per heavy atom. The minimum atomic E-state index is -4.19. The van der Waals surface area contributed by atoms with Crippen LogP contribution in [0.4, 0.5) is 0 Å². The fraction of sp³-hybridized carbons (Fsp3) is 0.294. The number of nitrogens with one attached hydrogen (secondary N) is 1. The zero-order valence-electron chi connectivity index (χ0n) is 14.6. The van der Waals surface area contributed by atoms with Crippen molar-refractivity contribution in [1.82, 2.24) is 9.71 Å². The number of carbonyl (C=O) groups excluding carboxylic acids is 1. The van der Waals surface area contributed by atoms with Crippen LogP contribution in [-0.4, -0.2) is 39.6 Å². The van der Waals surface area contributed by atoms with Gasteiger partial charge in [-0.15, -0.1) is 0 Å². The number of benzene rings is 1. The van der Waals surface area contributed by atoms with Gasteiger partial charge in [-0.3, -0.25) is 9.78 Å². The van der Waals surface area contributed by atoms with Crippen molar-refractivity contribution in [2.45, 2.75) is 18.7 Å². The maximum atomic E-state index is 12.7. The molecule has 1 N–H and O–H groups in total. The van der Waals surface area contributed by atoms with Gasteiger partial charge in [0.15, 0.2) is 0 Å². The number of hydrogen-bond acceptors (Lipinski definition) is 6. The van der Waals surface area contributed by atoms with Crippen LogP contribution in [0.2, 0.25) is 5.02 Å². The Balaban J connectivity index is 2.31. The molecule has 1 heterocycles. The number of nitrogens with zero attached hydrogens (tertiary/aromatic N) is 1. The minimum Gasteiger partial charge on any atom is -0.490 e. The molecule has 0 aliphatic carbocycles. The number of ether oxygens (including phenoxy) is 2. The largest absolute Gasteiger partial charge is 0.490 e. The maximum absolute atomic E-state index is 12.7. The second-order valence-electron chi connectivity index (χ2n) is 5.51. The molecule has 1 aromatic heterocycles. The molecule has 0 atom stereocenters. The van der Waals surface area contributed by atoms with E-state index < -0.39 is 15.9 Å². The van der Waals surface area contributed by atoms with Crippen LogP contribution >= 0.6 is 11.6 Å². The Labute approximate surface area is 157 Å². The number of hydrogen-bond donors (Lipinski definition) is 1. The number of rotatable bonds is 7. The first-order chi connectivity index (χ1) is 12.2. The standard InChI is InChI=1S/C17H19ClN2O5S/c1-11-8-13(9-12(2)19-11)17(21)20-26(22,23)16-10-14(18)4-5-15(16)25-7-6-24-3/h4-5,8-10H,6-7H2,1-3H3,(H,20,21). The summed E-state index contributed by atoms with van der Waals surface area (Å²) in [5.41, 5.74) is 1.42. The van der Waals surface area contributed by atoms with E-state index >= 15 is 0 Å². The van der Waals surface area contributed by atoms with Gasteiger partial charge in [-0.2, -0.15) is 0 Å². The van der Waals surface area contributed by atoms with Crippen molar-refractivity contribution < 1.29 is 22.7 Å². The van der Waals surface area contributed by atoms with Gasteiger partial charge in [0.1, 0.15) is 17.3 Å². The molecule has 0 aliphatic rings. The van der Waals surface area contributed by atoms with Gasteiger partial charge >= 0.3 is 0 Å². The number of halogens is 1. The molecule has 0 bridgehead atoms. The van der Waals surface area contributed by atoms with E-state index in [1.54, 1.807) is 13.8 Å². The summed E-state index contributed by atoms with van der Waals surface area (Å²) in [6.45, 7) is 3.87. The number of aromatic nitrogens is 1. The fourth-order valence-electron chi connectivity index (χ4n) is 2.25. The summed E-state index contributed by atoms with van der Waals surface area (Å²) in [6, 6.07) is 7.16. The molecule has 1 aromatic carbocycles. The highest BCUT2D eigenvalue weighted by molar-refractivity contribution is 7.90. The van der Waals surface area contributed by atoms with E-state index in [2.05, 4.69) is 4.98 Å². The zero-order chi connectivity index (χ0) is 19.3. The first kappa shape index (κ1) is 20.2. The number of sulfonamides is 1. The molecule has 140 valence electrons. The molecule has 0 saturated heterocycles. The molecule has 2 aromatic rings. The average Bonchev–Trinajstić information content (AvgIpc) is 2.55. The normalized spacial score (nSPS) is 11.2. The number of pyridine rings is 1. The number of methoxy groups -OCH3 is 1. The molecule has 0 saturated carbocycles. The summed E-state index contributed by atoms with van der Waals surface area (Å²) in [4.78, 5) is 16.3. The third-order valence-corrected chi connectivity index (χ3v) is 4.90. The minimum absolute atomic E-state index is 0.0776. The topological polar surface area (TPSA) is 94.6 Å². The van der Waals surface area contributed by atoms with Gasteiger partial charge in [-0.05, 0) is 44.2 Å². The van der Waals surface area contributed by atoms with E-state index in [0.29, 0.717) is 11.4 Å². The number of carbonyl (C=O) groups is 1. The Morgan fingerprint density at radius 2 is 1.81 bits per heavy atom. The van der Waals surface area contributed by atoms with Crippen LogP contribution in [0, 0.1) is 13.8 Å². The third-order valence-electron chi connectivity index (χ3n) is 3.31. The first-order valence-electron chi connectivity index (χ1n) is 7.66. The van der Waals surface area contributed by atoms with Gasteiger partial charge < -0.3 is 9.47 Å². The monoisotopic (exact) mass is 398 g/mol. The van der Waals surface area contributed by atoms with Crippen LogP contribution in [0.3, 0.4) is 0 Å². The van der Waals surface area contributed by atoms with E-state index in [1.807, 2.05) is 4.72 Å². The van der Waals surface area contributed by atoms with E-state index in [0.717, 1.165) is 0 Å². The Bertz CT molecular complexity index is 895. The lowest BCUT2D eigenvalue weighted by atomic mass is 10.2. The second kappa shape index (κ2) is 8.48. The molecule has 0 spiro atoms. The van der Waals surface area contributed by atoms with Gasteiger partial charge in [-0.25, -0.2) is 13.1 Å². The molecular formula is C17H19ClN2O5S. The Kier molecular flexibility index (Phi) is 6.57. The smallest absolute Gasteiger partial charge is 0.268 e. The van der Waals surface area contributed by atoms with Gasteiger partial charge in [0, 0.05) is 29.1 Å². The molecule has 1 amide bonds. The molecule has 0 aliphatic heterocycles. The fourth-order valence-corrected chi connectivity index (χ4v) is 3.63. The zero-order valence-corrected chi connectivity index (χ0v) is 16.1. The third kappa shape index (κ3) is 5.17. The van der Waals surface area contributed by atoms with Crippen molar-refractivity contribution in [2.24, 2.45) is 0 Å². The van der Waals surface area contributed by atoms with Gasteiger partial charge in [0.25, 0.3) is 15.9 Å². The SMILES string of the molecule is COCCOc1ccc(Cl)cc1S(=O)(=O)NC(=O)c1cc(C)nc(C)c1. The molecule has 0 fully saturated rings. The molecule has 9 heteroatoms. The van der Waals surface area contributed by atoms with E-state index in [9.17, 15) is 13.2 Å². The van der Waals surface area contributed by atoms with Crippen LogP contribution < -0.4 is 9.46 Å². The Morgan fingerprint density at radius 3 is 2.42 bits per heavy atom. The lowest BCUT2D eigenvalue weighted by Gasteiger charge is -2.13. The number of amides is 1. The first-order valence-corrected chi connectivity index (χ1v) is 9.53. The highest BCUT2D eigenvalue weighted by atomic mass is 35.5. The quantitative estimate of drug-likeness (QED) is 0.720. The van der Waals surface area contributed by atoms with E-state index in [4.69, 9.17) is 21.1 Å². The van der Waals surface area contributed by atoms with E-state index in [1.165, 1.54) is 37.4 Å². The highest BCUT2D eigenvalue weighted by Gasteiger charge is 2.24. The molecular weight excluding hydrogens is 380 g/mol. The lowest BCUT2D eigenvalue weighted by molar-refractivity contribution is 0.0981. The summed E-state index contributed by atoms with van der Waals surface area (Å²) < 4.78 is 37.7. The van der Waals surface area contributed by atoms with Crippen molar-refractivity contribution in [3.05, 3.63) is 52.3 Å². The van der Waals surface area contributed by atoms with Crippen LogP contribution in [0.25, 0.3) is 0 Å². The van der Waals surface area contributed by atoms with Gasteiger partial charge in [-0.1, -0.05) is 11.6 Å². The summed E-state index contributed by atoms with van der Waals surface area (Å²) in [5, 5.41) is 0.201. The van der Waals surface area contributed by atoms with Crippen LogP contribution in [0.15, 0.2) is 35.2 Å². The summed E-state index contributed by atoms with van der Waals surface area (Å²) in [7, 11) is -2.69. The van der Waals surface area contributed by atoms with Gasteiger partial charge in [0.05, 0.1) is 6.61 Å². The van der Waals surface area contributed by atoms with Crippen molar-refractivity contribution in [2.75, 3.05) is 20.3 Å². The summed E-state index contributed by atoms with van der Waals surface area (Å²) in [6.07, 6.45) is 0. The molecule has 0 radical (unpaired) electrons. The average molecular weight is 399 g/mol. The van der Waals surface area contributed by atoms with Crippen molar-refractivity contribution in [1.29, 1.82) is 0 Å². The summed E-state index contributed by atoms with van der Waals surface area (Å²) >= 11 is 5.91. The van der Waals surface area contributed by atoms with Crippen LogP contribution in [0.1, 0.15) is 21.7 Å². The molecule has 0 unspecified atom stereocenters. The van der Waals surface area contributed by atoms with Crippen molar-refractivity contribution >= 4 is 27.5 Å².